The molecule has 0 aliphatic heterocycles. The molecule has 0 aliphatic rings. The standard InChI is InChI=1S/C38H46N4O8/c1-25-29(23-49-33-17-15-27(37(41-33)47-3)21-39-19-7-13-35(43)44)9-5-11-31(25)32-12-6-10-30(26(32)2)24-50-34-18-16-28(38(42-34)48-4)22-40-20-8-14-36(45)46/h5-6,9-12,15-18,39-40H,7-8,13-14,19-24H2,1-4H3,(H,43,44)(H,45,46). The number of pyridine rings is 2. The fourth-order valence-corrected chi connectivity index (χ4v) is 5.43. The predicted molar refractivity (Wildman–Crippen MR) is 189 cm³/mol. The smallest absolute Gasteiger partial charge is 0.303 e. The number of aliphatic carboxylic acids is 2. The Morgan fingerprint density at radius 1 is 0.620 bits per heavy atom. The molecule has 0 fully saturated rings. The van der Waals surface area contributed by atoms with Gasteiger partial charge in [-0.15, -0.1) is 0 Å². The molecule has 266 valence electrons. The van der Waals surface area contributed by atoms with Gasteiger partial charge in [-0.25, -0.2) is 0 Å². The topological polar surface area (TPSA) is 161 Å². The lowest BCUT2D eigenvalue weighted by Crippen LogP contribution is -2.16. The number of ether oxygens (including phenoxy) is 4. The highest BCUT2D eigenvalue weighted by molar-refractivity contribution is 5.72. The zero-order valence-electron chi connectivity index (χ0n) is 29.1. The maximum Gasteiger partial charge on any atom is 0.303 e. The van der Waals surface area contributed by atoms with E-state index >= 15 is 0 Å². The molecule has 12 nitrogen and oxygen atoms in total. The lowest BCUT2D eigenvalue weighted by molar-refractivity contribution is -0.138. The van der Waals surface area contributed by atoms with Crippen molar-refractivity contribution in [2.24, 2.45) is 0 Å². The maximum atomic E-state index is 10.7. The SMILES string of the molecule is COc1nc(OCc2cccc(-c3cccc(COc4ccc(CNCCCC(=O)O)c(OC)n4)c3C)c2C)ccc1CNCCCC(=O)O. The molecular weight excluding hydrogens is 640 g/mol. The molecule has 2 heterocycles. The summed E-state index contributed by atoms with van der Waals surface area (Å²) < 4.78 is 23.2. The second-order valence-corrected chi connectivity index (χ2v) is 11.7. The van der Waals surface area contributed by atoms with Crippen LogP contribution >= 0.6 is 0 Å². The van der Waals surface area contributed by atoms with E-state index in [0.29, 0.717) is 75.8 Å². The number of carbonyl (C=O) groups is 2. The van der Waals surface area contributed by atoms with E-state index in [-0.39, 0.29) is 12.8 Å². The summed E-state index contributed by atoms with van der Waals surface area (Å²) in [6.07, 6.45) is 1.34. The van der Waals surface area contributed by atoms with Gasteiger partial charge in [-0.2, -0.15) is 9.97 Å². The minimum atomic E-state index is -0.806. The van der Waals surface area contributed by atoms with Gasteiger partial charge in [0.05, 0.1) is 14.2 Å². The Labute approximate surface area is 292 Å². The van der Waals surface area contributed by atoms with E-state index in [1.54, 1.807) is 14.2 Å². The molecule has 12 heteroatoms. The van der Waals surface area contributed by atoms with Gasteiger partial charge in [0.2, 0.25) is 23.5 Å². The molecule has 50 heavy (non-hydrogen) atoms. The van der Waals surface area contributed by atoms with Crippen LogP contribution in [0.4, 0.5) is 0 Å². The van der Waals surface area contributed by atoms with E-state index in [9.17, 15) is 9.59 Å². The first kappa shape index (κ1) is 37.6. The highest BCUT2D eigenvalue weighted by Crippen LogP contribution is 2.31. The van der Waals surface area contributed by atoms with E-state index in [2.05, 4.69) is 46.6 Å². The fourth-order valence-electron chi connectivity index (χ4n) is 5.43. The summed E-state index contributed by atoms with van der Waals surface area (Å²) in [7, 11) is 3.13. The van der Waals surface area contributed by atoms with Crippen molar-refractivity contribution in [1.82, 2.24) is 20.6 Å². The molecule has 4 N–H and O–H groups in total. The van der Waals surface area contributed by atoms with Crippen molar-refractivity contribution >= 4 is 11.9 Å². The highest BCUT2D eigenvalue weighted by Gasteiger charge is 2.14. The Balaban J connectivity index is 1.38. The number of carboxylic acids is 2. The Morgan fingerprint density at radius 3 is 1.42 bits per heavy atom. The van der Waals surface area contributed by atoms with Gasteiger partial charge < -0.3 is 39.8 Å². The lowest BCUT2D eigenvalue weighted by atomic mass is 9.92. The van der Waals surface area contributed by atoms with Crippen LogP contribution in [-0.2, 0) is 35.9 Å². The maximum absolute atomic E-state index is 10.7. The molecule has 0 spiro atoms. The summed E-state index contributed by atoms with van der Waals surface area (Å²) in [6, 6.07) is 19.8. The van der Waals surface area contributed by atoms with E-state index in [4.69, 9.17) is 29.2 Å². The molecular formula is C38H46N4O8. The minimum absolute atomic E-state index is 0.124. The van der Waals surface area contributed by atoms with Crippen LogP contribution in [-0.4, -0.2) is 59.4 Å². The van der Waals surface area contributed by atoms with Crippen molar-refractivity contribution in [2.45, 2.75) is 65.8 Å². The van der Waals surface area contributed by atoms with Crippen molar-refractivity contribution in [1.29, 1.82) is 0 Å². The summed E-state index contributed by atoms with van der Waals surface area (Å²) in [4.78, 5) is 30.5. The van der Waals surface area contributed by atoms with Gasteiger partial charge in [-0.05, 0) is 85.3 Å². The number of nitrogens with one attached hydrogen (secondary N) is 2. The molecule has 0 amide bonds. The number of rotatable bonds is 21. The molecule has 2 aromatic carbocycles. The summed E-state index contributed by atoms with van der Waals surface area (Å²) in [6.45, 7) is 7.00. The molecule has 0 aliphatic carbocycles. The highest BCUT2D eigenvalue weighted by atomic mass is 16.5. The quantitative estimate of drug-likeness (QED) is 0.0776. The van der Waals surface area contributed by atoms with Crippen LogP contribution in [0, 0.1) is 13.8 Å². The number of nitrogens with zero attached hydrogens (tertiary/aromatic N) is 2. The van der Waals surface area contributed by atoms with Crippen LogP contribution in [0.1, 0.15) is 59.1 Å². The minimum Gasteiger partial charge on any atom is -0.481 e. The summed E-state index contributed by atoms with van der Waals surface area (Å²) >= 11 is 0. The molecule has 0 radical (unpaired) electrons. The molecule has 0 saturated heterocycles. The lowest BCUT2D eigenvalue weighted by Gasteiger charge is -2.17. The average molecular weight is 687 g/mol. The van der Waals surface area contributed by atoms with Gasteiger partial charge >= 0.3 is 11.9 Å². The van der Waals surface area contributed by atoms with Crippen LogP contribution < -0.4 is 29.6 Å². The molecule has 0 atom stereocenters. The molecule has 0 saturated carbocycles. The first-order valence-corrected chi connectivity index (χ1v) is 16.6. The number of hydrogen-bond acceptors (Lipinski definition) is 10. The summed E-state index contributed by atoms with van der Waals surface area (Å²) in [5.74, 6) is 0.196. The fraction of sp³-hybridized carbons (Fsp3) is 0.368. The first-order chi connectivity index (χ1) is 24.2. The van der Waals surface area contributed by atoms with Crippen LogP contribution in [0.3, 0.4) is 0 Å². The third kappa shape index (κ3) is 10.9. The van der Waals surface area contributed by atoms with E-state index in [1.807, 2.05) is 48.5 Å². The van der Waals surface area contributed by atoms with Crippen LogP contribution in [0.2, 0.25) is 0 Å². The molecule has 0 bridgehead atoms. The normalized spacial score (nSPS) is 10.9. The van der Waals surface area contributed by atoms with Gasteiger partial charge in [0, 0.05) is 49.2 Å². The number of hydrogen-bond donors (Lipinski definition) is 4. The van der Waals surface area contributed by atoms with Crippen molar-refractivity contribution < 1.29 is 38.7 Å². The number of aromatic nitrogens is 2. The third-order valence-corrected chi connectivity index (χ3v) is 8.27. The molecule has 4 rings (SSSR count). The largest absolute Gasteiger partial charge is 0.481 e. The van der Waals surface area contributed by atoms with E-state index in [1.165, 1.54) is 0 Å². The van der Waals surface area contributed by atoms with Gasteiger partial charge in [0.1, 0.15) is 13.2 Å². The average Bonchev–Trinajstić information content (AvgIpc) is 3.11. The van der Waals surface area contributed by atoms with Gasteiger partial charge in [-0.3, -0.25) is 9.59 Å². The Morgan fingerprint density at radius 2 is 1.04 bits per heavy atom. The van der Waals surface area contributed by atoms with Crippen LogP contribution in [0.15, 0.2) is 60.7 Å². The van der Waals surface area contributed by atoms with Gasteiger partial charge in [0.15, 0.2) is 0 Å². The van der Waals surface area contributed by atoms with Gasteiger partial charge in [-0.1, -0.05) is 36.4 Å². The van der Waals surface area contributed by atoms with E-state index < -0.39 is 11.9 Å². The zero-order chi connectivity index (χ0) is 35.9. The van der Waals surface area contributed by atoms with Gasteiger partial charge in [0.25, 0.3) is 0 Å². The van der Waals surface area contributed by atoms with Crippen molar-refractivity contribution in [2.75, 3.05) is 27.3 Å². The van der Waals surface area contributed by atoms with Crippen LogP contribution in [0.25, 0.3) is 11.1 Å². The predicted octanol–water partition coefficient (Wildman–Crippen LogP) is 5.84. The second kappa shape index (κ2) is 19.1. The first-order valence-electron chi connectivity index (χ1n) is 16.6. The zero-order valence-corrected chi connectivity index (χ0v) is 29.1. The summed E-state index contributed by atoms with van der Waals surface area (Å²) in [5, 5.41) is 24.1. The Bertz CT molecular complexity index is 1620. The number of carboxylic acid groups (broad SMARTS) is 2. The Kier molecular flexibility index (Phi) is 14.4. The van der Waals surface area contributed by atoms with Crippen molar-refractivity contribution in [3.05, 3.63) is 94.0 Å². The van der Waals surface area contributed by atoms with Crippen LogP contribution in [0.5, 0.6) is 23.5 Å². The van der Waals surface area contributed by atoms with Crippen molar-refractivity contribution in [3.63, 3.8) is 0 Å². The van der Waals surface area contributed by atoms with Crippen molar-refractivity contribution in [3.8, 4) is 34.6 Å². The number of methoxy groups -OCH3 is 2. The molecule has 4 aromatic rings. The Hall–Kier alpha value is -5.20. The third-order valence-electron chi connectivity index (χ3n) is 8.27. The van der Waals surface area contributed by atoms with E-state index in [0.717, 1.165) is 44.5 Å². The second-order valence-electron chi connectivity index (χ2n) is 11.7. The number of benzene rings is 2. The summed E-state index contributed by atoms with van der Waals surface area (Å²) in [5.41, 5.74) is 8.17. The molecule has 0 unspecified atom stereocenters. The molecule has 2 aromatic heterocycles. The monoisotopic (exact) mass is 686 g/mol.